The number of benzene rings is 1. The van der Waals surface area contributed by atoms with E-state index in [-0.39, 0.29) is 6.04 Å². The van der Waals surface area contributed by atoms with Gasteiger partial charge in [0.15, 0.2) is 17.5 Å². The van der Waals surface area contributed by atoms with E-state index < -0.39 is 0 Å². The monoisotopic (exact) mass is 430 g/mol. The Labute approximate surface area is 184 Å². The van der Waals surface area contributed by atoms with Crippen molar-refractivity contribution >= 4 is 5.96 Å². The van der Waals surface area contributed by atoms with Crippen LogP contribution >= 0.6 is 0 Å². The Hall–Kier alpha value is -2.78. The normalized spacial score (nSPS) is 16.0. The highest BCUT2D eigenvalue weighted by atomic mass is 16.5. The number of ether oxygens (including phenoxy) is 3. The van der Waals surface area contributed by atoms with Crippen molar-refractivity contribution in [1.29, 1.82) is 0 Å². The van der Waals surface area contributed by atoms with Crippen LogP contribution < -0.4 is 20.1 Å². The number of guanidine groups is 1. The molecule has 1 atom stereocenters. The second-order valence-corrected chi connectivity index (χ2v) is 7.19. The van der Waals surface area contributed by atoms with E-state index in [1.807, 2.05) is 29.1 Å². The van der Waals surface area contributed by atoms with Crippen molar-refractivity contribution in [2.75, 3.05) is 60.2 Å². The Morgan fingerprint density at radius 2 is 2.00 bits per heavy atom. The summed E-state index contributed by atoms with van der Waals surface area (Å²) in [6.45, 7) is 8.21. The van der Waals surface area contributed by atoms with Gasteiger partial charge in [0.1, 0.15) is 0 Å². The van der Waals surface area contributed by atoms with Gasteiger partial charge in [0.2, 0.25) is 0 Å². The van der Waals surface area contributed by atoms with Crippen molar-refractivity contribution < 1.29 is 14.2 Å². The highest BCUT2D eigenvalue weighted by Gasteiger charge is 2.24. The van der Waals surface area contributed by atoms with Gasteiger partial charge in [-0.1, -0.05) is 6.07 Å². The molecule has 1 aromatic carbocycles. The van der Waals surface area contributed by atoms with Crippen LogP contribution in [0.25, 0.3) is 0 Å². The molecule has 0 spiro atoms. The number of morpholine rings is 1. The maximum atomic E-state index is 5.56. The second-order valence-electron chi connectivity index (χ2n) is 7.19. The van der Waals surface area contributed by atoms with Gasteiger partial charge in [-0.3, -0.25) is 14.6 Å². The van der Waals surface area contributed by atoms with E-state index in [0.29, 0.717) is 6.54 Å². The standard InChI is InChI=1S/C22H34N6O3/c1-4-23-22(24-9-11-28-10-5-8-26-28)25-17-19(27-12-14-31-15-13-27)18-6-7-20(29-2)21(16-18)30-3/h5-8,10,16,19H,4,9,11-15,17H2,1-3H3,(H2,23,24,25). The largest absolute Gasteiger partial charge is 0.493 e. The molecule has 0 saturated carbocycles. The lowest BCUT2D eigenvalue weighted by Crippen LogP contribution is -2.42. The fourth-order valence-corrected chi connectivity index (χ4v) is 3.62. The molecule has 31 heavy (non-hydrogen) atoms. The molecule has 1 aliphatic rings. The number of aromatic nitrogens is 2. The van der Waals surface area contributed by atoms with Crippen LogP contribution in [-0.2, 0) is 11.3 Å². The average Bonchev–Trinajstić information content (AvgIpc) is 3.33. The van der Waals surface area contributed by atoms with Crippen LogP contribution in [0.1, 0.15) is 18.5 Å². The minimum absolute atomic E-state index is 0.116. The van der Waals surface area contributed by atoms with E-state index in [2.05, 4.69) is 33.6 Å². The number of aliphatic imine (C=N–C) groups is 1. The van der Waals surface area contributed by atoms with Crippen molar-refractivity contribution in [3.63, 3.8) is 0 Å². The van der Waals surface area contributed by atoms with E-state index in [9.17, 15) is 0 Å². The molecular weight excluding hydrogens is 396 g/mol. The van der Waals surface area contributed by atoms with Crippen LogP contribution in [0.2, 0.25) is 0 Å². The number of nitrogens with zero attached hydrogens (tertiary/aromatic N) is 4. The highest BCUT2D eigenvalue weighted by Crippen LogP contribution is 2.32. The van der Waals surface area contributed by atoms with Crippen molar-refractivity contribution in [3.8, 4) is 11.5 Å². The molecule has 0 amide bonds. The molecule has 9 nitrogen and oxygen atoms in total. The summed E-state index contributed by atoms with van der Waals surface area (Å²) in [5, 5.41) is 11.0. The third kappa shape index (κ3) is 6.60. The molecule has 1 fully saturated rings. The van der Waals surface area contributed by atoms with Crippen LogP contribution in [-0.4, -0.2) is 80.8 Å². The predicted molar refractivity (Wildman–Crippen MR) is 121 cm³/mol. The van der Waals surface area contributed by atoms with Gasteiger partial charge in [-0.2, -0.15) is 5.10 Å². The Morgan fingerprint density at radius 1 is 1.19 bits per heavy atom. The topological polar surface area (TPSA) is 85.2 Å². The zero-order chi connectivity index (χ0) is 21.9. The summed E-state index contributed by atoms with van der Waals surface area (Å²) in [4.78, 5) is 7.31. The summed E-state index contributed by atoms with van der Waals surface area (Å²) >= 11 is 0. The molecule has 170 valence electrons. The quantitative estimate of drug-likeness (QED) is 0.437. The molecule has 2 heterocycles. The Kier molecular flexibility index (Phi) is 8.99. The third-order valence-electron chi connectivity index (χ3n) is 5.24. The Morgan fingerprint density at radius 3 is 2.68 bits per heavy atom. The minimum Gasteiger partial charge on any atom is -0.493 e. The summed E-state index contributed by atoms with van der Waals surface area (Å²) in [5.74, 6) is 2.25. The van der Waals surface area contributed by atoms with E-state index in [1.165, 1.54) is 0 Å². The number of methoxy groups -OCH3 is 2. The van der Waals surface area contributed by atoms with E-state index in [1.54, 1.807) is 20.4 Å². The van der Waals surface area contributed by atoms with Gasteiger partial charge in [-0.05, 0) is 30.7 Å². The van der Waals surface area contributed by atoms with Crippen molar-refractivity contribution in [3.05, 3.63) is 42.2 Å². The van der Waals surface area contributed by atoms with Crippen LogP contribution in [0.4, 0.5) is 0 Å². The third-order valence-corrected chi connectivity index (χ3v) is 5.24. The smallest absolute Gasteiger partial charge is 0.191 e. The molecule has 1 saturated heterocycles. The summed E-state index contributed by atoms with van der Waals surface area (Å²) in [6.07, 6.45) is 3.74. The number of rotatable bonds is 10. The fraction of sp³-hybridized carbons (Fsp3) is 0.545. The van der Waals surface area contributed by atoms with Crippen LogP contribution in [0.3, 0.4) is 0 Å². The van der Waals surface area contributed by atoms with Gasteiger partial charge in [-0.25, -0.2) is 0 Å². The number of nitrogens with one attached hydrogen (secondary N) is 2. The molecule has 0 bridgehead atoms. The van der Waals surface area contributed by atoms with Crippen molar-refractivity contribution in [2.45, 2.75) is 19.5 Å². The average molecular weight is 431 g/mol. The predicted octanol–water partition coefficient (Wildman–Crippen LogP) is 1.53. The lowest BCUT2D eigenvalue weighted by atomic mass is 10.0. The zero-order valence-electron chi connectivity index (χ0n) is 18.7. The molecule has 1 unspecified atom stereocenters. The fourth-order valence-electron chi connectivity index (χ4n) is 3.62. The summed E-state index contributed by atoms with van der Waals surface area (Å²) in [6, 6.07) is 8.14. The number of hydrogen-bond donors (Lipinski definition) is 2. The Balaban J connectivity index is 1.74. The SMILES string of the molecule is CCNC(=NCC(c1ccc(OC)c(OC)c1)N1CCOCC1)NCCn1cccn1. The first-order valence-corrected chi connectivity index (χ1v) is 10.8. The molecule has 1 aromatic heterocycles. The summed E-state index contributed by atoms with van der Waals surface area (Å²) in [5.41, 5.74) is 1.15. The minimum atomic E-state index is 0.116. The van der Waals surface area contributed by atoms with Gasteiger partial charge in [0.05, 0.1) is 46.6 Å². The first-order chi connectivity index (χ1) is 15.2. The molecule has 0 aliphatic carbocycles. The highest BCUT2D eigenvalue weighted by molar-refractivity contribution is 5.79. The molecule has 2 aromatic rings. The van der Waals surface area contributed by atoms with Gasteiger partial charge in [0.25, 0.3) is 0 Å². The number of hydrogen-bond acceptors (Lipinski definition) is 6. The second kappa shape index (κ2) is 12.2. The molecule has 3 rings (SSSR count). The molecule has 1 aliphatic heterocycles. The van der Waals surface area contributed by atoms with Gasteiger partial charge < -0.3 is 24.8 Å². The van der Waals surface area contributed by atoms with Gasteiger partial charge in [0, 0.05) is 38.6 Å². The van der Waals surface area contributed by atoms with E-state index >= 15 is 0 Å². The molecule has 9 heteroatoms. The first-order valence-electron chi connectivity index (χ1n) is 10.8. The van der Waals surface area contributed by atoms with Crippen molar-refractivity contribution in [2.24, 2.45) is 4.99 Å². The van der Waals surface area contributed by atoms with Gasteiger partial charge >= 0.3 is 0 Å². The molecule has 2 N–H and O–H groups in total. The molecule has 0 radical (unpaired) electrons. The summed E-state index contributed by atoms with van der Waals surface area (Å²) < 4.78 is 18.4. The van der Waals surface area contributed by atoms with Crippen molar-refractivity contribution in [1.82, 2.24) is 25.3 Å². The first kappa shape index (κ1) is 22.9. The Bertz CT molecular complexity index is 806. The lowest BCUT2D eigenvalue weighted by molar-refractivity contribution is 0.0179. The lowest BCUT2D eigenvalue weighted by Gasteiger charge is -2.34. The zero-order valence-corrected chi connectivity index (χ0v) is 18.7. The van der Waals surface area contributed by atoms with E-state index in [0.717, 1.165) is 69.0 Å². The molecular formula is C22H34N6O3. The maximum Gasteiger partial charge on any atom is 0.191 e. The maximum absolute atomic E-state index is 5.56. The van der Waals surface area contributed by atoms with Crippen LogP contribution in [0, 0.1) is 0 Å². The van der Waals surface area contributed by atoms with E-state index in [4.69, 9.17) is 19.2 Å². The van der Waals surface area contributed by atoms with Gasteiger partial charge in [-0.15, -0.1) is 0 Å². The summed E-state index contributed by atoms with van der Waals surface area (Å²) in [7, 11) is 3.31. The van der Waals surface area contributed by atoms with Crippen LogP contribution in [0.5, 0.6) is 11.5 Å². The van der Waals surface area contributed by atoms with Crippen LogP contribution in [0.15, 0.2) is 41.7 Å².